The lowest BCUT2D eigenvalue weighted by atomic mass is 9.93. The summed E-state index contributed by atoms with van der Waals surface area (Å²) >= 11 is 0. The summed E-state index contributed by atoms with van der Waals surface area (Å²) in [5.41, 5.74) is 0.577. The molecule has 0 fully saturated rings. The predicted octanol–water partition coefficient (Wildman–Crippen LogP) is 2.99. The van der Waals surface area contributed by atoms with Gasteiger partial charge >= 0.3 is 0 Å². The number of Topliss-reactive ketones (excluding diaryl/α,β-unsaturated/α-hetero) is 1. The molecule has 0 amide bonds. The summed E-state index contributed by atoms with van der Waals surface area (Å²) in [5.74, 6) is 0.0936. The second-order valence-corrected chi connectivity index (χ2v) is 6.57. The first-order valence-corrected chi connectivity index (χ1v) is 8.58. The van der Waals surface area contributed by atoms with Crippen molar-refractivity contribution in [2.45, 2.75) is 44.9 Å². The Labute approximate surface area is 121 Å². The minimum atomic E-state index is -3.46. The molecule has 0 heterocycles. The summed E-state index contributed by atoms with van der Waals surface area (Å²) < 4.78 is 26.4. The molecule has 0 spiro atoms. The molecule has 4 nitrogen and oxygen atoms in total. The highest BCUT2D eigenvalue weighted by Crippen LogP contribution is 2.17. The number of nitrogens with one attached hydrogen (secondary N) is 1. The van der Waals surface area contributed by atoms with E-state index in [1.807, 2.05) is 20.8 Å². The van der Waals surface area contributed by atoms with E-state index in [4.69, 9.17) is 0 Å². The third kappa shape index (κ3) is 4.15. The number of carbonyl (C=O) groups is 1. The molecular formula is C15H23NO3S. The predicted molar refractivity (Wildman–Crippen MR) is 80.3 cm³/mol. The van der Waals surface area contributed by atoms with Crippen LogP contribution in [0, 0.1) is 5.92 Å². The molecule has 1 aromatic carbocycles. The van der Waals surface area contributed by atoms with Gasteiger partial charge in [-0.2, -0.15) is 0 Å². The van der Waals surface area contributed by atoms with Crippen LogP contribution in [-0.2, 0) is 10.0 Å². The van der Waals surface area contributed by atoms with Crippen molar-refractivity contribution < 1.29 is 13.2 Å². The van der Waals surface area contributed by atoms with Crippen molar-refractivity contribution in [3.63, 3.8) is 0 Å². The van der Waals surface area contributed by atoms with Crippen molar-refractivity contribution in [2.24, 2.45) is 5.92 Å². The van der Waals surface area contributed by atoms with Crippen LogP contribution in [0.2, 0.25) is 0 Å². The van der Waals surface area contributed by atoms with Gasteiger partial charge in [-0.15, -0.1) is 0 Å². The van der Waals surface area contributed by atoms with E-state index >= 15 is 0 Å². The van der Waals surface area contributed by atoms with Gasteiger partial charge in [0, 0.05) is 18.0 Å². The third-order valence-corrected chi connectivity index (χ3v) is 4.82. The number of rotatable bonds is 8. The topological polar surface area (TPSA) is 63.2 Å². The number of ketones is 1. The Balaban J connectivity index is 2.91. The maximum Gasteiger partial charge on any atom is 0.240 e. The fourth-order valence-electron chi connectivity index (χ4n) is 2.01. The van der Waals surface area contributed by atoms with Gasteiger partial charge in [0.1, 0.15) is 0 Å². The molecule has 0 aliphatic carbocycles. The molecule has 1 aromatic rings. The number of carbonyl (C=O) groups excluding carboxylic acids is 1. The van der Waals surface area contributed by atoms with E-state index in [0.717, 1.165) is 19.3 Å². The van der Waals surface area contributed by atoms with Gasteiger partial charge in [0.15, 0.2) is 5.78 Å². The number of hydrogen-bond acceptors (Lipinski definition) is 3. The Morgan fingerprint density at radius 3 is 2.10 bits per heavy atom. The standard InChI is InChI=1S/C15H23NO3S/c1-4-11-16-20(18,19)14-9-7-13(8-10-14)15(17)12(5-2)6-3/h7-10,12,16H,4-6,11H2,1-3H3. The van der Waals surface area contributed by atoms with Gasteiger partial charge in [-0.05, 0) is 31.4 Å². The molecule has 0 atom stereocenters. The van der Waals surface area contributed by atoms with Gasteiger partial charge in [0.25, 0.3) is 0 Å². The normalized spacial score (nSPS) is 11.8. The molecule has 0 bridgehead atoms. The third-order valence-electron chi connectivity index (χ3n) is 3.35. The highest BCUT2D eigenvalue weighted by molar-refractivity contribution is 7.89. The average molecular weight is 297 g/mol. The Hall–Kier alpha value is -1.20. The van der Waals surface area contributed by atoms with Crippen molar-refractivity contribution in [1.82, 2.24) is 4.72 Å². The molecule has 1 rings (SSSR count). The molecular weight excluding hydrogens is 274 g/mol. The first-order valence-electron chi connectivity index (χ1n) is 7.10. The lowest BCUT2D eigenvalue weighted by Gasteiger charge is -2.11. The first-order chi connectivity index (χ1) is 9.46. The Kier molecular flexibility index (Phi) is 6.36. The van der Waals surface area contributed by atoms with Crippen LogP contribution in [0.4, 0.5) is 0 Å². The van der Waals surface area contributed by atoms with Gasteiger partial charge in [-0.1, -0.05) is 32.9 Å². The molecule has 0 saturated heterocycles. The van der Waals surface area contributed by atoms with Crippen LogP contribution in [0.3, 0.4) is 0 Å². The molecule has 20 heavy (non-hydrogen) atoms. The molecule has 0 aliphatic rings. The summed E-state index contributed by atoms with van der Waals surface area (Å²) in [6, 6.07) is 6.18. The fraction of sp³-hybridized carbons (Fsp3) is 0.533. The fourth-order valence-corrected chi connectivity index (χ4v) is 3.15. The maximum absolute atomic E-state index is 12.2. The quantitative estimate of drug-likeness (QED) is 0.750. The van der Waals surface area contributed by atoms with E-state index in [0.29, 0.717) is 12.1 Å². The van der Waals surface area contributed by atoms with E-state index in [2.05, 4.69) is 4.72 Å². The van der Waals surface area contributed by atoms with E-state index in [1.165, 1.54) is 12.1 Å². The average Bonchev–Trinajstić information content (AvgIpc) is 2.46. The van der Waals surface area contributed by atoms with Gasteiger partial charge < -0.3 is 0 Å². The molecule has 0 unspecified atom stereocenters. The molecule has 1 N–H and O–H groups in total. The van der Waals surface area contributed by atoms with E-state index in [1.54, 1.807) is 12.1 Å². The monoisotopic (exact) mass is 297 g/mol. The second-order valence-electron chi connectivity index (χ2n) is 4.80. The minimum Gasteiger partial charge on any atom is -0.294 e. The number of benzene rings is 1. The van der Waals surface area contributed by atoms with Crippen LogP contribution < -0.4 is 4.72 Å². The zero-order valence-electron chi connectivity index (χ0n) is 12.3. The Bertz CT molecular complexity index is 531. The van der Waals surface area contributed by atoms with Crippen LogP contribution in [0.1, 0.15) is 50.4 Å². The number of sulfonamides is 1. The van der Waals surface area contributed by atoms with Gasteiger partial charge in [0.2, 0.25) is 10.0 Å². The SMILES string of the molecule is CCCNS(=O)(=O)c1ccc(C(=O)C(CC)CC)cc1. The molecule has 0 aromatic heterocycles. The van der Waals surface area contributed by atoms with E-state index < -0.39 is 10.0 Å². The molecule has 0 radical (unpaired) electrons. The van der Waals surface area contributed by atoms with Crippen molar-refractivity contribution in [3.05, 3.63) is 29.8 Å². The summed E-state index contributed by atoms with van der Waals surface area (Å²) in [6.07, 6.45) is 2.34. The van der Waals surface area contributed by atoms with Crippen LogP contribution in [0.15, 0.2) is 29.2 Å². The highest BCUT2D eigenvalue weighted by Gasteiger charge is 2.18. The van der Waals surface area contributed by atoms with Crippen LogP contribution in [-0.4, -0.2) is 20.7 Å². The summed E-state index contributed by atoms with van der Waals surface area (Å²) in [4.78, 5) is 12.4. The van der Waals surface area contributed by atoms with Crippen molar-refractivity contribution in [3.8, 4) is 0 Å². The van der Waals surface area contributed by atoms with E-state index in [-0.39, 0.29) is 16.6 Å². The molecule has 112 valence electrons. The van der Waals surface area contributed by atoms with Crippen molar-refractivity contribution in [1.29, 1.82) is 0 Å². The molecule has 0 aliphatic heterocycles. The molecule has 0 saturated carbocycles. The summed E-state index contributed by atoms with van der Waals surface area (Å²) in [5, 5.41) is 0. The smallest absolute Gasteiger partial charge is 0.240 e. The molecule has 5 heteroatoms. The maximum atomic E-state index is 12.2. The lowest BCUT2D eigenvalue weighted by molar-refractivity contribution is 0.0913. The van der Waals surface area contributed by atoms with Crippen LogP contribution in [0.5, 0.6) is 0 Å². The van der Waals surface area contributed by atoms with Crippen LogP contribution >= 0.6 is 0 Å². The largest absolute Gasteiger partial charge is 0.294 e. The minimum absolute atomic E-state index is 0.00988. The Morgan fingerprint density at radius 1 is 1.10 bits per heavy atom. The zero-order chi connectivity index (χ0) is 15.2. The summed E-state index contributed by atoms with van der Waals surface area (Å²) in [6.45, 7) is 6.29. The van der Waals surface area contributed by atoms with Crippen molar-refractivity contribution >= 4 is 15.8 Å². The van der Waals surface area contributed by atoms with E-state index in [9.17, 15) is 13.2 Å². The second kappa shape index (κ2) is 7.55. The highest BCUT2D eigenvalue weighted by atomic mass is 32.2. The first kappa shape index (κ1) is 16.9. The van der Waals surface area contributed by atoms with Crippen LogP contribution in [0.25, 0.3) is 0 Å². The van der Waals surface area contributed by atoms with Gasteiger partial charge in [-0.25, -0.2) is 13.1 Å². The number of hydrogen-bond donors (Lipinski definition) is 1. The van der Waals surface area contributed by atoms with Gasteiger partial charge in [-0.3, -0.25) is 4.79 Å². The Morgan fingerprint density at radius 2 is 1.65 bits per heavy atom. The lowest BCUT2D eigenvalue weighted by Crippen LogP contribution is -2.24. The zero-order valence-corrected chi connectivity index (χ0v) is 13.2. The van der Waals surface area contributed by atoms with Crippen molar-refractivity contribution in [2.75, 3.05) is 6.54 Å². The van der Waals surface area contributed by atoms with Gasteiger partial charge in [0.05, 0.1) is 4.90 Å². The summed E-state index contributed by atoms with van der Waals surface area (Å²) in [7, 11) is -3.46.